The molecule has 2 aliphatic heterocycles. The summed E-state index contributed by atoms with van der Waals surface area (Å²) in [6.07, 6.45) is 8.71. The van der Waals surface area contributed by atoms with Crippen LogP contribution in [-0.2, 0) is 4.79 Å². The smallest absolute Gasteiger partial charge is 0.255 e. The van der Waals surface area contributed by atoms with Gasteiger partial charge in [0.15, 0.2) is 0 Å². The molecule has 0 spiro atoms. The maximum Gasteiger partial charge on any atom is 0.255 e. The fraction of sp³-hybridized carbons (Fsp3) is 0.500. The van der Waals surface area contributed by atoms with E-state index in [1.807, 2.05) is 11.1 Å². The van der Waals surface area contributed by atoms with E-state index >= 15 is 0 Å². The van der Waals surface area contributed by atoms with E-state index < -0.39 is 0 Å². The largest absolute Gasteiger partial charge is 0.353 e. The van der Waals surface area contributed by atoms with E-state index in [1.54, 1.807) is 23.2 Å². The molecule has 7 heteroatoms. The van der Waals surface area contributed by atoms with Gasteiger partial charge in [-0.1, -0.05) is 6.07 Å². The summed E-state index contributed by atoms with van der Waals surface area (Å²) in [5.74, 6) is 2.50. The zero-order valence-electron chi connectivity index (χ0n) is 18.1. The molecule has 0 aromatic carbocycles. The predicted octanol–water partition coefficient (Wildman–Crippen LogP) is 3.14. The Morgan fingerprint density at radius 2 is 1.81 bits per heavy atom. The highest BCUT2D eigenvalue weighted by atomic mass is 16.2. The number of piperazine rings is 1. The summed E-state index contributed by atoms with van der Waals surface area (Å²) in [5.41, 5.74) is 3.15. The van der Waals surface area contributed by atoms with Crippen molar-refractivity contribution in [1.29, 1.82) is 0 Å². The lowest BCUT2D eigenvalue weighted by Gasteiger charge is -2.36. The summed E-state index contributed by atoms with van der Waals surface area (Å²) < 4.78 is 0. The molecule has 3 aliphatic rings. The Bertz CT molecular complexity index is 978. The minimum absolute atomic E-state index is 0.00238. The fourth-order valence-corrected chi connectivity index (χ4v) is 4.58. The quantitative estimate of drug-likeness (QED) is 0.762. The highest BCUT2D eigenvalue weighted by Crippen LogP contribution is 2.40. The summed E-state index contributed by atoms with van der Waals surface area (Å²) in [6.45, 7) is 5.71. The molecule has 5 rings (SSSR count). The van der Waals surface area contributed by atoms with Crippen LogP contribution in [0, 0.1) is 6.92 Å². The van der Waals surface area contributed by atoms with Gasteiger partial charge in [-0.3, -0.25) is 14.5 Å². The fourth-order valence-electron chi connectivity index (χ4n) is 4.58. The van der Waals surface area contributed by atoms with Gasteiger partial charge in [-0.25, -0.2) is 9.97 Å². The second kappa shape index (κ2) is 8.29. The predicted molar refractivity (Wildman–Crippen MR) is 120 cm³/mol. The number of carbonyl (C=O) groups is 2. The first-order valence-corrected chi connectivity index (χ1v) is 11.4. The molecule has 1 aliphatic carbocycles. The third-order valence-electron chi connectivity index (χ3n) is 6.58. The SMILES string of the molecule is Cc1cc(C2CC2)cnc1N1CCN(C(=O)c2ccc(N3CCCCC3=O)nc2)CC1. The first-order valence-electron chi connectivity index (χ1n) is 11.4. The first kappa shape index (κ1) is 20.0. The number of pyridine rings is 2. The molecule has 2 amide bonds. The lowest BCUT2D eigenvalue weighted by Crippen LogP contribution is -2.49. The third-order valence-corrected chi connectivity index (χ3v) is 6.58. The molecule has 0 radical (unpaired) electrons. The molecule has 0 atom stereocenters. The molecule has 31 heavy (non-hydrogen) atoms. The van der Waals surface area contributed by atoms with Gasteiger partial charge in [0.2, 0.25) is 5.91 Å². The van der Waals surface area contributed by atoms with E-state index in [4.69, 9.17) is 4.98 Å². The maximum atomic E-state index is 13.0. The molecule has 1 saturated carbocycles. The van der Waals surface area contributed by atoms with Crippen molar-refractivity contribution in [2.24, 2.45) is 0 Å². The van der Waals surface area contributed by atoms with Gasteiger partial charge in [0.25, 0.3) is 5.91 Å². The van der Waals surface area contributed by atoms with Gasteiger partial charge in [0, 0.05) is 51.5 Å². The van der Waals surface area contributed by atoms with Crippen molar-refractivity contribution in [3.63, 3.8) is 0 Å². The molecule has 0 bridgehead atoms. The van der Waals surface area contributed by atoms with Gasteiger partial charge < -0.3 is 9.80 Å². The van der Waals surface area contributed by atoms with Crippen LogP contribution < -0.4 is 9.80 Å². The summed E-state index contributed by atoms with van der Waals surface area (Å²) in [5, 5.41) is 0. The third kappa shape index (κ3) is 4.13. The van der Waals surface area contributed by atoms with Gasteiger partial charge in [0.1, 0.15) is 11.6 Å². The van der Waals surface area contributed by atoms with Gasteiger partial charge in [0.05, 0.1) is 5.56 Å². The standard InChI is InChI=1S/C24H29N5O2/c1-17-14-20(18-5-6-18)16-26-23(17)27-10-12-28(13-11-27)24(31)19-7-8-21(25-15-19)29-9-3-2-4-22(29)30/h7-8,14-16,18H,2-6,9-13H2,1H3. The Morgan fingerprint density at radius 3 is 2.45 bits per heavy atom. The molecule has 2 aromatic rings. The topological polar surface area (TPSA) is 69.6 Å². The second-order valence-electron chi connectivity index (χ2n) is 8.87. The number of rotatable bonds is 4. The van der Waals surface area contributed by atoms with Crippen molar-refractivity contribution in [3.8, 4) is 0 Å². The minimum Gasteiger partial charge on any atom is -0.353 e. The molecule has 2 aromatic heterocycles. The number of aromatic nitrogens is 2. The summed E-state index contributed by atoms with van der Waals surface area (Å²) in [4.78, 5) is 40.1. The number of aryl methyl sites for hydroxylation is 1. The Hall–Kier alpha value is -2.96. The average molecular weight is 420 g/mol. The normalized spacial score (nSPS) is 19.6. The van der Waals surface area contributed by atoms with Gasteiger partial charge in [-0.15, -0.1) is 0 Å². The minimum atomic E-state index is -0.00238. The van der Waals surface area contributed by atoms with E-state index in [0.717, 1.165) is 31.7 Å². The summed E-state index contributed by atoms with van der Waals surface area (Å²) in [6, 6.07) is 5.86. The number of hydrogen-bond donors (Lipinski definition) is 0. The molecule has 3 fully saturated rings. The summed E-state index contributed by atoms with van der Waals surface area (Å²) in [7, 11) is 0. The molecule has 2 saturated heterocycles. The van der Waals surface area contributed by atoms with Crippen molar-refractivity contribution in [2.45, 2.75) is 44.9 Å². The van der Waals surface area contributed by atoms with Crippen LogP contribution in [0.4, 0.5) is 11.6 Å². The Kier molecular flexibility index (Phi) is 5.34. The average Bonchev–Trinajstić information content (AvgIpc) is 3.65. The van der Waals surface area contributed by atoms with Crippen molar-refractivity contribution < 1.29 is 9.59 Å². The molecule has 162 valence electrons. The van der Waals surface area contributed by atoms with Gasteiger partial charge in [-0.05, 0) is 61.8 Å². The van der Waals surface area contributed by atoms with Crippen LogP contribution in [0.2, 0.25) is 0 Å². The number of carbonyl (C=O) groups excluding carboxylic acids is 2. The number of hydrogen-bond acceptors (Lipinski definition) is 5. The van der Waals surface area contributed by atoms with Gasteiger partial charge >= 0.3 is 0 Å². The van der Waals surface area contributed by atoms with E-state index in [0.29, 0.717) is 43.4 Å². The zero-order valence-corrected chi connectivity index (χ0v) is 18.1. The number of nitrogens with zero attached hydrogens (tertiary/aromatic N) is 5. The van der Waals surface area contributed by atoms with Crippen molar-refractivity contribution in [1.82, 2.24) is 14.9 Å². The van der Waals surface area contributed by atoms with Crippen LogP contribution in [0.15, 0.2) is 30.6 Å². The van der Waals surface area contributed by atoms with Crippen molar-refractivity contribution in [3.05, 3.63) is 47.3 Å². The lowest BCUT2D eigenvalue weighted by molar-refractivity contribution is -0.119. The zero-order chi connectivity index (χ0) is 21.4. The van der Waals surface area contributed by atoms with E-state index in [-0.39, 0.29) is 11.8 Å². The molecule has 7 nitrogen and oxygen atoms in total. The van der Waals surface area contributed by atoms with E-state index in [1.165, 1.54) is 24.0 Å². The highest BCUT2D eigenvalue weighted by Gasteiger charge is 2.27. The van der Waals surface area contributed by atoms with Crippen LogP contribution in [0.1, 0.15) is 59.5 Å². The maximum absolute atomic E-state index is 13.0. The monoisotopic (exact) mass is 419 g/mol. The highest BCUT2D eigenvalue weighted by molar-refractivity contribution is 5.96. The van der Waals surface area contributed by atoms with Crippen LogP contribution >= 0.6 is 0 Å². The van der Waals surface area contributed by atoms with Crippen molar-refractivity contribution >= 4 is 23.5 Å². The van der Waals surface area contributed by atoms with E-state index in [2.05, 4.69) is 22.9 Å². The number of anilines is 2. The Morgan fingerprint density at radius 1 is 1.00 bits per heavy atom. The van der Waals surface area contributed by atoms with Crippen LogP contribution in [0.3, 0.4) is 0 Å². The lowest BCUT2D eigenvalue weighted by atomic mass is 10.1. The Labute approximate surface area is 183 Å². The van der Waals surface area contributed by atoms with Crippen LogP contribution in [-0.4, -0.2) is 59.4 Å². The van der Waals surface area contributed by atoms with Gasteiger partial charge in [-0.2, -0.15) is 0 Å². The van der Waals surface area contributed by atoms with Crippen molar-refractivity contribution in [2.75, 3.05) is 42.5 Å². The second-order valence-corrected chi connectivity index (χ2v) is 8.87. The Balaban J connectivity index is 1.20. The molecular weight excluding hydrogens is 390 g/mol. The number of piperidine rings is 1. The van der Waals surface area contributed by atoms with Crippen LogP contribution in [0.5, 0.6) is 0 Å². The number of amides is 2. The molecule has 4 heterocycles. The molecular formula is C24H29N5O2. The van der Waals surface area contributed by atoms with E-state index in [9.17, 15) is 9.59 Å². The first-order chi connectivity index (χ1) is 15.1. The van der Waals surface area contributed by atoms with Crippen LogP contribution in [0.25, 0.3) is 0 Å². The molecule has 0 N–H and O–H groups in total. The summed E-state index contributed by atoms with van der Waals surface area (Å²) >= 11 is 0. The molecule has 0 unspecified atom stereocenters.